The van der Waals surface area contributed by atoms with Crippen LogP contribution in [0.4, 0.5) is 0 Å². The lowest BCUT2D eigenvalue weighted by atomic mass is 9.81. The van der Waals surface area contributed by atoms with E-state index in [1.54, 1.807) is 19.1 Å². The standard InChI is InChI=1S/C20H26O6/c1-11(2)14-5-6-19(22)16-15(24-17(19)21)7-12(3)8-18(25-16)9-13(4)20(23,10-14)26-18/h8-9,14-16,22-23H,1,5-7,10H2,2-4H3/t14?,15-,16-,18+,19-,20?/m1/s1. The third-order valence-electron chi connectivity index (χ3n) is 6.16. The number of carbonyl (C=O) groups is 1. The number of allylic oxidation sites excluding steroid dienone is 1. The average Bonchev–Trinajstić information content (AvgIpc) is 2.82. The fraction of sp³-hybridized carbons (Fsp3) is 0.650. The molecule has 2 saturated heterocycles. The minimum Gasteiger partial charge on any atom is -0.457 e. The summed E-state index contributed by atoms with van der Waals surface area (Å²) in [5.41, 5.74) is 0.714. The van der Waals surface area contributed by atoms with Crippen LogP contribution in [-0.4, -0.2) is 45.6 Å². The molecule has 2 fully saturated rings. The summed E-state index contributed by atoms with van der Waals surface area (Å²) >= 11 is 0. The summed E-state index contributed by atoms with van der Waals surface area (Å²) in [6.45, 7) is 9.61. The van der Waals surface area contributed by atoms with Crippen LogP contribution >= 0.6 is 0 Å². The normalized spacial score (nSPS) is 47.6. The van der Waals surface area contributed by atoms with Crippen molar-refractivity contribution in [1.82, 2.24) is 0 Å². The van der Waals surface area contributed by atoms with Gasteiger partial charge in [0.15, 0.2) is 11.4 Å². The molecule has 6 atom stereocenters. The highest BCUT2D eigenvalue weighted by Crippen LogP contribution is 2.50. The quantitative estimate of drug-likeness (QED) is 0.549. The molecule has 0 aliphatic carbocycles. The van der Waals surface area contributed by atoms with Crippen molar-refractivity contribution in [2.24, 2.45) is 5.92 Å². The van der Waals surface area contributed by atoms with Crippen molar-refractivity contribution < 1.29 is 29.2 Å². The number of hydrogen-bond acceptors (Lipinski definition) is 6. The Morgan fingerprint density at radius 2 is 2.04 bits per heavy atom. The zero-order valence-corrected chi connectivity index (χ0v) is 15.4. The van der Waals surface area contributed by atoms with Crippen LogP contribution in [0.15, 0.2) is 35.5 Å². The zero-order chi connectivity index (χ0) is 18.9. The third-order valence-corrected chi connectivity index (χ3v) is 6.16. The highest BCUT2D eigenvalue weighted by atomic mass is 16.8. The molecule has 0 radical (unpaired) electrons. The summed E-state index contributed by atoms with van der Waals surface area (Å²) in [6, 6.07) is 0. The molecular weight excluding hydrogens is 336 g/mol. The van der Waals surface area contributed by atoms with Gasteiger partial charge < -0.3 is 24.4 Å². The van der Waals surface area contributed by atoms with Gasteiger partial charge in [0.2, 0.25) is 5.79 Å². The molecule has 4 heterocycles. The first kappa shape index (κ1) is 17.9. The zero-order valence-electron chi connectivity index (χ0n) is 15.4. The van der Waals surface area contributed by atoms with Crippen LogP contribution in [0.5, 0.6) is 0 Å². The molecule has 2 N–H and O–H groups in total. The van der Waals surface area contributed by atoms with E-state index in [2.05, 4.69) is 6.58 Å². The topological polar surface area (TPSA) is 85.2 Å². The fourth-order valence-electron chi connectivity index (χ4n) is 4.61. The molecule has 2 unspecified atom stereocenters. The first-order valence-electron chi connectivity index (χ1n) is 9.14. The third kappa shape index (κ3) is 2.51. The molecule has 0 amide bonds. The molecule has 6 nitrogen and oxygen atoms in total. The molecule has 0 saturated carbocycles. The van der Waals surface area contributed by atoms with E-state index in [-0.39, 0.29) is 12.3 Å². The highest BCUT2D eigenvalue weighted by molar-refractivity contribution is 5.83. The molecule has 0 aromatic rings. The molecule has 4 aliphatic heterocycles. The van der Waals surface area contributed by atoms with Crippen molar-refractivity contribution >= 4 is 5.97 Å². The minimum atomic E-state index is -1.73. The van der Waals surface area contributed by atoms with E-state index >= 15 is 0 Å². The van der Waals surface area contributed by atoms with Crippen molar-refractivity contribution in [2.75, 3.05) is 0 Å². The predicted octanol–water partition coefficient (Wildman–Crippen LogP) is 2.12. The minimum absolute atomic E-state index is 0.111. The van der Waals surface area contributed by atoms with Gasteiger partial charge in [-0.1, -0.05) is 17.7 Å². The Bertz CT molecular complexity index is 739. The number of fused-ring (bicyclic) bond motifs is 1. The fourth-order valence-corrected chi connectivity index (χ4v) is 4.61. The molecule has 1 spiro atoms. The lowest BCUT2D eigenvalue weighted by Gasteiger charge is -2.39. The van der Waals surface area contributed by atoms with Gasteiger partial charge in [-0.15, -0.1) is 0 Å². The highest BCUT2D eigenvalue weighted by Gasteiger charge is 2.62. The van der Waals surface area contributed by atoms with Gasteiger partial charge in [0, 0.05) is 12.8 Å². The van der Waals surface area contributed by atoms with E-state index < -0.39 is 35.4 Å². The summed E-state index contributed by atoms with van der Waals surface area (Å²) in [6.07, 6.45) is 3.53. The lowest BCUT2D eigenvalue weighted by Crippen LogP contribution is -2.53. The Kier molecular flexibility index (Phi) is 3.80. The Morgan fingerprint density at radius 3 is 2.73 bits per heavy atom. The van der Waals surface area contributed by atoms with E-state index in [0.29, 0.717) is 24.8 Å². The van der Waals surface area contributed by atoms with E-state index in [0.717, 1.165) is 11.1 Å². The summed E-state index contributed by atoms with van der Waals surface area (Å²) in [5.74, 6) is -3.55. The lowest BCUT2D eigenvalue weighted by molar-refractivity contribution is -0.307. The molecular formula is C20H26O6. The molecule has 3 bridgehead atoms. The van der Waals surface area contributed by atoms with Crippen LogP contribution in [0.2, 0.25) is 0 Å². The van der Waals surface area contributed by atoms with E-state index in [9.17, 15) is 15.0 Å². The van der Waals surface area contributed by atoms with Gasteiger partial charge in [-0.2, -0.15) is 0 Å². The second kappa shape index (κ2) is 5.52. The summed E-state index contributed by atoms with van der Waals surface area (Å²) in [4.78, 5) is 12.5. The van der Waals surface area contributed by atoms with Gasteiger partial charge in [0.25, 0.3) is 0 Å². The van der Waals surface area contributed by atoms with Crippen LogP contribution in [0.25, 0.3) is 0 Å². The Hall–Kier alpha value is -1.47. The SMILES string of the molecule is C=C(C)C1CC[C@]2(O)C(=O)O[C@@H]3CC(C)=C[C@]4(C=C(C)C(O)(C1)O4)O[C@H]32. The summed E-state index contributed by atoms with van der Waals surface area (Å²) in [5, 5.41) is 22.4. The monoisotopic (exact) mass is 362 g/mol. The molecule has 6 heteroatoms. The van der Waals surface area contributed by atoms with Gasteiger partial charge in [-0.3, -0.25) is 0 Å². The van der Waals surface area contributed by atoms with Gasteiger partial charge in [0.05, 0.1) is 0 Å². The maximum atomic E-state index is 12.5. The number of carbonyl (C=O) groups excluding carboxylic acids is 1. The average molecular weight is 362 g/mol. The molecule has 4 rings (SSSR count). The van der Waals surface area contributed by atoms with Crippen molar-refractivity contribution in [1.29, 1.82) is 0 Å². The maximum Gasteiger partial charge on any atom is 0.341 e. The number of rotatable bonds is 1. The molecule has 142 valence electrons. The number of aliphatic hydroxyl groups is 2. The number of esters is 1. The molecule has 0 aromatic carbocycles. The molecule has 4 aliphatic rings. The Morgan fingerprint density at radius 1 is 1.31 bits per heavy atom. The van der Waals surface area contributed by atoms with Crippen molar-refractivity contribution in [3.05, 3.63) is 35.5 Å². The van der Waals surface area contributed by atoms with Crippen LogP contribution in [-0.2, 0) is 19.0 Å². The summed E-state index contributed by atoms with van der Waals surface area (Å²) in [7, 11) is 0. The predicted molar refractivity (Wildman–Crippen MR) is 92.8 cm³/mol. The maximum absolute atomic E-state index is 12.5. The van der Waals surface area contributed by atoms with E-state index in [4.69, 9.17) is 14.2 Å². The second-order valence-corrected chi connectivity index (χ2v) is 8.32. The Labute approximate surface area is 153 Å². The van der Waals surface area contributed by atoms with E-state index in [1.165, 1.54) is 0 Å². The van der Waals surface area contributed by atoms with Crippen LogP contribution in [0.3, 0.4) is 0 Å². The van der Waals surface area contributed by atoms with E-state index in [1.807, 2.05) is 13.8 Å². The molecule has 0 aromatic heterocycles. The largest absolute Gasteiger partial charge is 0.457 e. The first-order valence-corrected chi connectivity index (χ1v) is 9.14. The van der Waals surface area contributed by atoms with Crippen LogP contribution < -0.4 is 0 Å². The number of ether oxygens (including phenoxy) is 3. The number of hydrogen-bond donors (Lipinski definition) is 2. The van der Waals surface area contributed by atoms with Crippen molar-refractivity contribution in [3.8, 4) is 0 Å². The van der Waals surface area contributed by atoms with Crippen molar-refractivity contribution in [2.45, 2.75) is 75.8 Å². The van der Waals surface area contributed by atoms with Crippen LogP contribution in [0.1, 0.15) is 46.5 Å². The van der Waals surface area contributed by atoms with Crippen molar-refractivity contribution in [3.63, 3.8) is 0 Å². The van der Waals surface area contributed by atoms with Gasteiger partial charge in [-0.05, 0) is 57.3 Å². The first-order chi connectivity index (χ1) is 12.1. The van der Waals surface area contributed by atoms with Gasteiger partial charge >= 0.3 is 5.97 Å². The second-order valence-electron chi connectivity index (χ2n) is 8.32. The molecule has 26 heavy (non-hydrogen) atoms. The van der Waals surface area contributed by atoms with Gasteiger partial charge in [-0.25, -0.2) is 4.79 Å². The van der Waals surface area contributed by atoms with Crippen LogP contribution in [0, 0.1) is 5.92 Å². The van der Waals surface area contributed by atoms with Gasteiger partial charge in [0.1, 0.15) is 12.2 Å². The Balaban J connectivity index is 1.85. The summed E-state index contributed by atoms with van der Waals surface area (Å²) < 4.78 is 17.7. The smallest absolute Gasteiger partial charge is 0.341 e.